The van der Waals surface area contributed by atoms with Crippen LogP contribution in [0.3, 0.4) is 0 Å². The number of ether oxygens (including phenoxy) is 1. The van der Waals surface area contributed by atoms with Crippen molar-refractivity contribution in [3.63, 3.8) is 0 Å². The highest BCUT2D eigenvalue weighted by Gasteiger charge is 2.30. The van der Waals surface area contributed by atoms with Crippen molar-refractivity contribution < 1.29 is 9.53 Å². The molecule has 230 valence electrons. The van der Waals surface area contributed by atoms with Gasteiger partial charge in [-0.2, -0.15) is 0 Å². The summed E-state index contributed by atoms with van der Waals surface area (Å²) in [6.07, 6.45) is 4.00. The molecule has 0 spiro atoms. The fraction of sp³-hybridized carbons (Fsp3) is 0.400. The fourth-order valence-corrected chi connectivity index (χ4v) is 7.31. The highest BCUT2D eigenvalue weighted by Crippen LogP contribution is 2.33. The van der Waals surface area contributed by atoms with E-state index in [-0.39, 0.29) is 11.5 Å². The number of pyridine rings is 1. The van der Waals surface area contributed by atoms with E-state index in [1.165, 1.54) is 11.3 Å². The van der Waals surface area contributed by atoms with Gasteiger partial charge in [0.05, 0.1) is 22.5 Å². The first-order valence-electron chi connectivity index (χ1n) is 15.7. The van der Waals surface area contributed by atoms with Crippen LogP contribution in [0.1, 0.15) is 53.9 Å². The molecule has 1 amide bonds. The van der Waals surface area contributed by atoms with Crippen LogP contribution in [-0.2, 0) is 24.0 Å². The second kappa shape index (κ2) is 13.8. The summed E-state index contributed by atoms with van der Waals surface area (Å²) in [6.45, 7) is 8.42. The number of hydrogen-bond donors (Lipinski definition) is 1. The van der Waals surface area contributed by atoms with Gasteiger partial charge in [0.25, 0.3) is 11.5 Å². The lowest BCUT2D eigenvalue weighted by Crippen LogP contribution is -2.47. The molecule has 4 aromatic rings. The van der Waals surface area contributed by atoms with E-state index in [1.54, 1.807) is 0 Å². The molecule has 2 aromatic heterocycles. The quantitative estimate of drug-likeness (QED) is 0.243. The van der Waals surface area contributed by atoms with Crippen molar-refractivity contribution in [3.05, 3.63) is 91.7 Å². The lowest BCUT2D eigenvalue weighted by molar-refractivity contribution is 0.0655. The normalized spacial score (nSPS) is 15.9. The second-order valence-electron chi connectivity index (χ2n) is 11.5. The number of carbonyl (C=O) groups is 1. The molecule has 1 N–H and O–H groups in total. The third-order valence-electron chi connectivity index (χ3n) is 8.82. The van der Waals surface area contributed by atoms with E-state index in [0.717, 1.165) is 72.5 Å². The van der Waals surface area contributed by atoms with Crippen LogP contribution in [0.4, 0.5) is 0 Å². The number of benzene rings is 2. The highest BCUT2D eigenvalue weighted by atomic mass is 35.5. The van der Waals surface area contributed by atoms with Gasteiger partial charge >= 0.3 is 0 Å². The van der Waals surface area contributed by atoms with Gasteiger partial charge in [-0.1, -0.05) is 55.8 Å². The average molecular weight is 631 g/mol. The number of rotatable bonds is 8. The number of aromatic nitrogens is 2. The van der Waals surface area contributed by atoms with Crippen molar-refractivity contribution in [1.82, 2.24) is 19.8 Å². The Bertz CT molecular complexity index is 1660. The molecular formula is C35H39ClN4O3S. The van der Waals surface area contributed by atoms with E-state index < -0.39 is 0 Å². The van der Waals surface area contributed by atoms with Crippen molar-refractivity contribution in [2.24, 2.45) is 5.92 Å². The Morgan fingerprint density at radius 3 is 2.39 bits per heavy atom. The van der Waals surface area contributed by atoms with Gasteiger partial charge in [0, 0.05) is 61.1 Å². The summed E-state index contributed by atoms with van der Waals surface area (Å²) in [5, 5.41) is 6.58. The van der Waals surface area contributed by atoms with Crippen LogP contribution in [0.5, 0.6) is 0 Å². The first kappa shape index (κ1) is 30.7. The Hall–Kier alpha value is -3.30. The summed E-state index contributed by atoms with van der Waals surface area (Å²) in [5.74, 6) is 0.301. The molecule has 7 nitrogen and oxygen atoms in total. The molecule has 2 aliphatic rings. The van der Waals surface area contributed by atoms with E-state index in [1.807, 2.05) is 45.2 Å². The summed E-state index contributed by atoms with van der Waals surface area (Å²) in [5.41, 5.74) is 6.54. The Labute approximate surface area is 267 Å². The molecule has 0 bridgehead atoms. The van der Waals surface area contributed by atoms with Gasteiger partial charge in [-0.05, 0) is 67.3 Å². The minimum Gasteiger partial charge on any atom is -0.381 e. The van der Waals surface area contributed by atoms with Crippen molar-refractivity contribution in [2.75, 3.05) is 39.4 Å². The van der Waals surface area contributed by atoms with E-state index in [4.69, 9.17) is 21.3 Å². The highest BCUT2D eigenvalue weighted by molar-refractivity contribution is 7.13. The fourth-order valence-electron chi connectivity index (χ4n) is 6.34. The summed E-state index contributed by atoms with van der Waals surface area (Å²) in [4.78, 5) is 36.2. The maximum atomic E-state index is 14.9. The molecule has 2 saturated heterocycles. The van der Waals surface area contributed by atoms with Crippen molar-refractivity contribution in [1.29, 1.82) is 0 Å². The molecule has 0 saturated carbocycles. The molecule has 0 atom stereocenters. The SMILES string of the molecule is CCc1cccc(CC)c1-n1c(CC2CCOCC2)c(C(=O)N2CCNCC2)cc(-c2nc(-c3ccc(Cl)cc3)cs2)c1=O. The topological polar surface area (TPSA) is 76.5 Å². The molecule has 2 aliphatic heterocycles. The molecule has 2 aromatic carbocycles. The smallest absolute Gasteiger partial charge is 0.265 e. The zero-order valence-corrected chi connectivity index (χ0v) is 27.0. The predicted octanol–water partition coefficient (Wildman–Crippen LogP) is 6.42. The third-order valence-corrected chi connectivity index (χ3v) is 9.95. The van der Waals surface area contributed by atoms with Crippen molar-refractivity contribution in [2.45, 2.75) is 46.0 Å². The number of carbonyl (C=O) groups excluding carboxylic acids is 1. The number of aryl methyl sites for hydroxylation is 2. The van der Waals surface area contributed by atoms with E-state index in [9.17, 15) is 9.59 Å². The minimum atomic E-state index is -0.128. The van der Waals surface area contributed by atoms with Crippen molar-refractivity contribution >= 4 is 28.8 Å². The number of halogens is 1. The molecule has 0 radical (unpaired) electrons. The van der Waals surface area contributed by atoms with Gasteiger partial charge in [-0.25, -0.2) is 4.98 Å². The van der Waals surface area contributed by atoms with Crippen molar-refractivity contribution in [3.8, 4) is 27.5 Å². The molecule has 9 heteroatoms. The zero-order chi connectivity index (χ0) is 30.6. The van der Waals surface area contributed by atoms with E-state index >= 15 is 0 Å². The first-order chi connectivity index (χ1) is 21.5. The Balaban J connectivity index is 1.60. The molecule has 4 heterocycles. The summed E-state index contributed by atoms with van der Waals surface area (Å²) >= 11 is 7.56. The van der Waals surface area contributed by atoms with Crippen LogP contribution >= 0.6 is 22.9 Å². The third kappa shape index (κ3) is 6.26. The summed E-state index contributed by atoms with van der Waals surface area (Å²) < 4.78 is 7.57. The lowest BCUT2D eigenvalue weighted by atomic mass is 9.91. The van der Waals surface area contributed by atoms with Gasteiger partial charge in [-0.15, -0.1) is 11.3 Å². The number of piperazine rings is 1. The minimum absolute atomic E-state index is 0.0231. The Kier molecular flexibility index (Phi) is 9.62. The largest absolute Gasteiger partial charge is 0.381 e. The Morgan fingerprint density at radius 2 is 1.73 bits per heavy atom. The molecule has 6 rings (SSSR count). The Morgan fingerprint density at radius 1 is 1.05 bits per heavy atom. The van der Waals surface area contributed by atoms with Crippen LogP contribution in [0, 0.1) is 5.92 Å². The molecule has 0 aliphatic carbocycles. The van der Waals surface area contributed by atoms with Crippen LogP contribution in [-0.4, -0.2) is 59.8 Å². The molecule has 2 fully saturated rings. The van der Waals surface area contributed by atoms with Gasteiger partial charge in [0.1, 0.15) is 5.01 Å². The van der Waals surface area contributed by atoms with Gasteiger partial charge in [0.15, 0.2) is 0 Å². The molecule has 0 unspecified atom stereocenters. The van der Waals surface area contributed by atoms with Crippen LogP contribution in [0.25, 0.3) is 27.5 Å². The number of thiazole rings is 1. The number of nitrogens with one attached hydrogen (secondary N) is 1. The van der Waals surface area contributed by atoms with Gasteiger partial charge in [-0.3, -0.25) is 14.2 Å². The number of para-hydroxylation sites is 1. The van der Waals surface area contributed by atoms with E-state index in [0.29, 0.717) is 59.8 Å². The van der Waals surface area contributed by atoms with Crippen LogP contribution in [0.2, 0.25) is 5.02 Å². The standard InChI is InChI=1S/C35H39ClN4O3S/c1-3-24-6-5-7-25(4-2)32(24)40-31(20-23-12-18-43-19-13-23)28(34(41)39-16-14-37-15-17-39)21-29(35(40)42)33-38-30(22-44-33)26-8-10-27(36)11-9-26/h5-11,21-23,37H,3-4,12-20H2,1-2H3. The van der Waals surface area contributed by atoms with Gasteiger partial charge in [0.2, 0.25) is 0 Å². The van der Waals surface area contributed by atoms with Crippen LogP contribution < -0.4 is 10.9 Å². The summed E-state index contributed by atoms with van der Waals surface area (Å²) in [7, 11) is 0. The number of amides is 1. The van der Waals surface area contributed by atoms with E-state index in [2.05, 4.69) is 37.4 Å². The average Bonchev–Trinajstić information content (AvgIpc) is 3.56. The molecular weight excluding hydrogens is 592 g/mol. The lowest BCUT2D eigenvalue weighted by Gasteiger charge is -2.31. The second-order valence-corrected chi connectivity index (χ2v) is 12.8. The first-order valence-corrected chi connectivity index (χ1v) is 16.9. The molecule has 44 heavy (non-hydrogen) atoms. The predicted molar refractivity (Wildman–Crippen MR) is 178 cm³/mol. The maximum absolute atomic E-state index is 14.9. The van der Waals surface area contributed by atoms with Crippen LogP contribution in [0.15, 0.2) is 58.7 Å². The number of hydrogen-bond acceptors (Lipinski definition) is 6. The summed E-state index contributed by atoms with van der Waals surface area (Å²) in [6, 6.07) is 15.7. The van der Waals surface area contributed by atoms with Gasteiger partial charge < -0.3 is 15.0 Å². The maximum Gasteiger partial charge on any atom is 0.265 e. The monoisotopic (exact) mass is 630 g/mol. The zero-order valence-electron chi connectivity index (χ0n) is 25.4. The number of nitrogens with zero attached hydrogens (tertiary/aromatic N) is 3.